The van der Waals surface area contributed by atoms with Gasteiger partial charge in [0, 0.05) is 11.5 Å². The minimum Gasteiger partial charge on any atom is -0.436 e. The largest absolute Gasteiger partial charge is 0.436 e. The molecule has 0 aromatic carbocycles. The van der Waals surface area contributed by atoms with E-state index in [1.807, 2.05) is 20.8 Å². The van der Waals surface area contributed by atoms with Gasteiger partial charge in [0.15, 0.2) is 6.10 Å². The van der Waals surface area contributed by atoms with Crippen LogP contribution in [0.1, 0.15) is 33.6 Å². The maximum atomic E-state index is 11.4. The lowest BCUT2D eigenvalue weighted by Crippen LogP contribution is -2.45. The zero-order chi connectivity index (χ0) is 11.6. The van der Waals surface area contributed by atoms with Crippen LogP contribution in [-0.4, -0.2) is 23.6 Å². The monoisotopic (exact) mass is 214 g/mol. The van der Waals surface area contributed by atoms with E-state index in [0.717, 1.165) is 12.8 Å². The van der Waals surface area contributed by atoms with Crippen molar-refractivity contribution in [1.29, 1.82) is 0 Å². The van der Waals surface area contributed by atoms with Gasteiger partial charge in [-0.15, -0.1) is 0 Å². The fraction of sp³-hybridized carbons (Fsp3) is 0.800. The first-order valence-corrected chi connectivity index (χ1v) is 5.08. The number of carbonyl (C=O) groups excluding carboxylic acids is 2. The molecule has 0 aromatic rings. The molecule has 0 bridgehead atoms. The molecule has 0 aromatic heterocycles. The second-order valence-corrected chi connectivity index (χ2v) is 4.94. The standard InChI is InChI=1S/C10H18N2O3/c1-10(2,3)12-9(14)15-7(8(11)13)6-4-5-6/h6-7H,4-5H2,1-3H3,(H2,11,13)(H,12,14). The quantitative estimate of drug-likeness (QED) is 0.728. The maximum absolute atomic E-state index is 11.4. The van der Waals surface area contributed by atoms with Crippen LogP contribution in [0.3, 0.4) is 0 Å². The van der Waals surface area contributed by atoms with Crippen molar-refractivity contribution in [2.24, 2.45) is 11.7 Å². The number of hydrogen-bond acceptors (Lipinski definition) is 3. The van der Waals surface area contributed by atoms with Crippen molar-refractivity contribution in [3.05, 3.63) is 0 Å². The van der Waals surface area contributed by atoms with E-state index in [-0.39, 0.29) is 11.5 Å². The first kappa shape index (κ1) is 11.8. The Labute approximate surface area is 89.3 Å². The summed E-state index contributed by atoms with van der Waals surface area (Å²) < 4.78 is 4.99. The average molecular weight is 214 g/mol. The Hall–Kier alpha value is -1.26. The van der Waals surface area contributed by atoms with Crippen molar-refractivity contribution >= 4 is 12.0 Å². The van der Waals surface area contributed by atoms with Crippen molar-refractivity contribution in [2.75, 3.05) is 0 Å². The summed E-state index contributed by atoms with van der Waals surface area (Å²) in [4.78, 5) is 22.4. The van der Waals surface area contributed by atoms with E-state index in [4.69, 9.17) is 10.5 Å². The fourth-order valence-corrected chi connectivity index (χ4v) is 1.24. The number of rotatable bonds is 3. The molecule has 1 saturated carbocycles. The topological polar surface area (TPSA) is 81.4 Å². The van der Waals surface area contributed by atoms with Crippen LogP contribution in [0.4, 0.5) is 4.79 Å². The summed E-state index contributed by atoms with van der Waals surface area (Å²) in [5.74, 6) is -0.449. The zero-order valence-electron chi connectivity index (χ0n) is 9.37. The number of alkyl carbamates (subject to hydrolysis) is 1. The summed E-state index contributed by atoms with van der Waals surface area (Å²) in [6, 6.07) is 0. The van der Waals surface area contributed by atoms with E-state index in [0.29, 0.717) is 0 Å². The second-order valence-electron chi connectivity index (χ2n) is 4.94. The molecule has 86 valence electrons. The van der Waals surface area contributed by atoms with Gasteiger partial charge >= 0.3 is 6.09 Å². The van der Waals surface area contributed by atoms with Crippen molar-refractivity contribution in [3.8, 4) is 0 Å². The zero-order valence-corrected chi connectivity index (χ0v) is 9.37. The van der Waals surface area contributed by atoms with E-state index in [1.54, 1.807) is 0 Å². The Kier molecular flexibility index (Phi) is 3.21. The van der Waals surface area contributed by atoms with Crippen LogP contribution < -0.4 is 11.1 Å². The minimum absolute atomic E-state index is 0.119. The highest BCUT2D eigenvalue weighted by atomic mass is 16.6. The number of amides is 2. The molecular weight excluding hydrogens is 196 g/mol. The number of primary amides is 1. The predicted octanol–water partition coefficient (Wildman–Crippen LogP) is 0.775. The molecule has 1 fully saturated rings. The summed E-state index contributed by atoms with van der Waals surface area (Å²) in [5.41, 5.74) is 4.77. The van der Waals surface area contributed by atoms with E-state index in [1.165, 1.54) is 0 Å². The number of hydrogen-bond donors (Lipinski definition) is 2. The molecule has 2 amide bonds. The number of nitrogens with two attached hydrogens (primary N) is 1. The molecule has 0 spiro atoms. The first-order valence-electron chi connectivity index (χ1n) is 5.08. The molecule has 0 heterocycles. The highest BCUT2D eigenvalue weighted by molar-refractivity contribution is 5.82. The second kappa shape index (κ2) is 4.08. The van der Waals surface area contributed by atoms with E-state index in [9.17, 15) is 9.59 Å². The molecule has 1 unspecified atom stereocenters. The van der Waals surface area contributed by atoms with Crippen LogP contribution in [-0.2, 0) is 9.53 Å². The van der Waals surface area contributed by atoms with Gasteiger partial charge < -0.3 is 15.8 Å². The molecule has 1 aliphatic rings. The molecule has 3 N–H and O–H groups in total. The van der Waals surface area contributed by atoms with Crippen molar-refractivity contribution in [3.63, 3.8) is 0 Å². The summed E-state index contributed by atoms with van der Waals surface area (Å²) >= 11 is 0. The predicted molar refractivity (Wildman–Crippen MR) is 55.1 cm³/mol. The Morgan fingerprint density at radius 3 is 2.27 bits per heavy atom. The Balaban J connectivity index is 2.44. The van der Waals surface area contributed by atoms with Crippen LogP contribution in [0.5, 0.6) is 0 Å². The van der Waals surface area contributed by atoms with Gasteiger partial charge in [-0.25, -0.2) is 4.79 Å². The van der Waals surface area contributed by atoms with Crippen LogP contribution in [0, 0.1) is 5.92 Å². The molecule has 1 aliphatic carbocycles. The van der Waals surface area contributed by atoms with Gasteiger partial charge in [-0.2, -0.15) is 0 Å². The van der Waals surface area contributed by atoms with Crippen molar-refractivity contribution < 1.29 is 14.3 Å². The number of carbonyl (C=O) groups is 2. The highest BCUT2D eigenvalue weighted by Gasteiger charge is 2.38. The Bertz CT molecular complexity index is 266. The lowest BCUT2D eigenvalue weighted by atomic mass is 10.1. The maximum Gasteiger partial charge on any atom is 0.408 e. The lowest BCUT2D eigenvalue weighted by Gasteiger charge is -2.22. The van der Waals surface area contributed by atoms with E-state index < -0.39 is 18.1 Å². The first-order chi connectivity index (χ1) is 6.79. The van der Waals surface area contributed by atoms with Gasteiger partial charge in [-0.3, -0.25) is 4.79 Å². The summed E-state index contributed by atoms with van der Waals surface area (Å²) in [6.45, 7) is 5.51. The van der Waals surface area contributed by atoms with Crippen molar-refractivity contribution in [1.82, 2.24) is 5.32 Å². The molecule has 0 aliphatic heterocycles. The van der Waals surface area contributed by atoms with Crippen LogP contribution >= 0.6 is 0 Å². The number of ether oxygens (including phenoxy) is 1. The van der Waals surface area contributed by atoms with Gasteiger partial charge in [0.05, 0.1) is 0 Å². The summed E-state index contributed by atoms with van der Waals surface area (Å²) in [7, 11) is 0. The Morgan fingerprint density at radius 2 is 1.93 bits per heavy atom. The lowest BCUT2D eigenvalue weighted by molar-refractivity contribution is -0.127. The van der Waals surface area contributed by atoms with Crippen LogP contribution in [0.15, 0.2) is 0 Å². The molecule has 1 rings (SSSR count). The summed E-state index contributed by atoms with van der Waals surface area (Å²) in [5, 5.41) is 2.62. The van der Waals surface area contributed by atoms with Gasteiger partial charge in [0.25, 0.3) is 5.91 Å². The minimum atomic E-state index is -0.771. The normalized spacial score (nSPS) is 18.1. The van der Waals surface area contributed by atoms with Gasteiger partial charge in [0.1, 0.15) is 0 Å². The SMILES string of the molecule is CC(C)(C)NC(=O)OC(C(N)=O)C1CC1. The average Bonchev–Trinajstić information content (AvgIpc) is 2.78. The molecular formula is C10H18N2O3. The molecule has 5 heteroatoms. The third-order valence-electron chi connectivity index (χ3n) is 2.04. The molecule has 0 radical (unpaired) electrons. The van der Waals surface area contributed by atoms with E-state index >= 15 is 0 Å². The Morgan fingerprint density at radius 1 is 1.40 bits per heavy atom. The van der Waals surface area contributed by atoms with Crippen LogP contribution in [0.25, 0.3) is 0 Å². The van der Waals surface area contributed by atoms with E-state index in [2.05, 4.69) is 5.32 Å². The third kappa shape index (κ3) is 4.18. The summed E-state index contributed by atoms with van der Waals surface area (Å²) in [6.07, 6.45) is 0.442. The fourth-order valence-electron chi connectivity index (χ4n) is 1.24. The molecule has 15 heavy (non-hydrogen) atoms. The van der Waals surface area contributed by atoms with Crippen molar-refractivity contribution in [2.45, 2.75) is 45.3 Å². The molecule has 0 saturated heterocycles. The van der Waals surface area contributed by atoms with Crippen LogP contribution in [0.2, 0.25) is 0 Å². The highest BCUT2D eigenvalue weighted by Crippen LogP contribution is 2.34. The number of nitrogens with one attached hydrogen (secondary N) is 1. The van der Waals surface area contributed by atoms with Gasteiger partial charge in [0.2, 0.25) is 0 Å². The third-order valence-corrected chi connectivity index (χ3v) is 2.04. The smallest absolute Gasteiger partial charge is 0.408 e. The molecule has 5 nitrogen and oxygen atoms in total. The molecule has 1 atom stereocenters. The van der Waals surface area contributed by atoms with Gasteiger partial charge in [-0.05, 0) is 33.6 Å². The van der Waals surface area contributed by atoms with Gasteiger partial charge in [-0.1, -0.05) is 0 Å².